The van der Waals surface area contributed by atoms with Gasteiger partial charge in [0.25, 0.3) is 5.91 Å². The number of rotatable bonds is 6. The molecule has 1 fully saturated rings. The number of fused-ring (bicyclic) bond motifs is 1. The number of hydrogen-bond acceptors (Lipinski definition) is 7. The largest absolute Gasteiger partial charge is 0.492 e. The maximum atomic E-state index is 13.4. The van der Waals surface area contributed by atoms with Crippen molar-refractivity contribution in [2.24, 2.45) is 16.0 Å². The van der Waals surface area contributed by atoms with Crippen LogP contribution in [0.25, 0.3) is 5.82 Å². The second kappa shape index (κ2) is 9.85. The number of amides is 1. The van der Waals surface area contributed by atoms with E-state index in [4.69, 9.17) is 10.5 Å². The Kier molecular flexibility index (Phi) is 6.59. The number of pyridine rings is 1. The van der Waals surface area contributed by atoms with Crippen molar-refractivity contribution in [2.75, 3.05) is 24.4 Å². The third kappa shape index (κ3) is 5.15. The van der Waals surface area contributed by atoms with Crippen molar-refractivity contribution in [3.8, 4) is 11.6 Å². The molecule has 0 radical (unpaired) electrons. The van der Waals surface area contributed by atoms with Crippen molar-refractivity contribution in [3.63, 3.8) is 0 Å². The molecule has 1 aromatic carbocycles. The molecule has 0 saturated carbocycles. The number of carbonyl (C=O) groups excluding carboxylic acids is 1. The highest BCUT2D eigenvalue weighted by Gasteiger charge is 2.28. The number of hydrogen-bond donors (Lipinski definition) is 2. The van der Waals surface area contributed by atoms with E-state index in [-0.39, 0.29) is 23.6 Å². The lowest BCUT2D eigenvalue weighted by molar-refractivity contribution is 0.0633. The molecule has 1 amide bonds. The van der Waals surface area contributed by atoms with Crippen molar-refractivity contribution >= 4 is 27.6 Å². The van der Waals surface area contributed by atoms with E-state index < -0.39 is 10.2 Å². The van der Waals surface area contributed by atoms with E-state index in [1.54, 1.807) is 42.7 Å². The van der Waals surface area contributed by atoms with E-state index in [1.165, 1.54) is 0 Å². The third-order valence-corrected chi connectivity index (χ3v) is 7.36. The molecule has 2 aliphatic rings. The van der Waals surface area contributed by atoms with Crippen LogP contribution in [0.3, 0.4) is 0 Å². The zero-order valence-corrected chi connectivity index (χ0v) is 21.5. The fraction of sp³-hybridized carbons (Fsp3) is 0.360. The topological polar surface area (TPSA) is 145 Å². The number of piperidine rings is 1. The van der Waals surface area contributed by atoms with Gasteiger partial charge in [0.2, 0.25) is 0 Å². The van der Waals surface area contributed by atoms with Crippen LogP contribution in [0.2, 0.25) is 0 Å². The quantitative estimate of drug-likeness (QED) is 0.505. The van der Waals surface area contributed by atoms with Gasteiger partial charge >= 0.3 is 10.2 Å². The molecule has 1 atom stereocenters. The monoisotopic (exact) mass is 523 g/mol. The second-order valence-corrected chi connectivity index (χ2v) is 10.9. The zero-order valence-electron chi connectivity index (χ0n) is 20.7. The van der Waals surface area contributed by atoms with Gasteiger partial charge in [-0.25, -0.2) is 9.97 Å². The van der Waals surface area contributed by atoms with Gasteiger partial charge in [0.1, 0.15) is 17.4 Å². The van der Waals surface area contributed by atoms with Crippen LogP contribution in [-0.2, 0) is 10.2 Å². The van der Waals surface area contributed by atoms with Gasteiger partial charge in [0.15, 0.2) is 5.84 Å². The number of benzene rings is 1. The van der Waals surface area contributed by atoms with Crippen molar-refractivity contribution in [3.05, 3.63) is 65.9 Å². The summed E-state index contributed by atoms with van der Waals surface area (Å²) in [5.41, 5.74) is 7.24. The first kappa shape index (κ1) is 24.8. The van der Waals surface area contributed by atoms with Gasteiger partial charge in [-0.1, -0.05) is 19.9 Å². The number of imidazole rings is 1. The Bertz CT molecular complexity index is 1470. The first-order chi connectivity index (χ1) is 17.7. The number of nitrogens with zero attached hydrogens (tertiary/aromatic N) is 5. The molecule has 11 nitrogen and oxygen atoms in total. The highest BCUT2D eigenvalue weighted by Crippen LogP contribution is 2.31. The number of nitrogens with one attached hydrogen (secondary N) is 1. The molecule has 1 saturated heterocycles. The Hall–Kier alpha value is -3.93. The highest BCUT2D eigenvalue weighted by atomic mass is 32.2. The van der Waals surface area contributed by atoms with Crippen molar-refractivity contribution in [2.45, 2.75) is 32.6 Å². The second-order valence-electron chi connectivity index (χ2n) is 9.52. The molecular formula is C25H29N7O4S. The molecule has 3 N–H and O–H groups in total. The summed E-state index contributed by atoms with van der Waals surface area (Å²) < 4.78 is 37.5. The Morgan fingerprint density at radius 3 is 2.89 bits per heavy atom. The van der Waals surface area contributed by atoms with Crippen LogP contribution in [0.15, 0.2) is 53.3 Å². The van der Waals surface area contributed by atoms with Crippen LogP contribution in [0.4, 0.5) is 5.69 Å². The number of carbonyl (C=O) groups is 1. The molecule has 37 heavy (non-hydrogen) atoms. The molecule has 0 unspecified atom stereocenters. The third-order valence-electron chi connectivity index (χ3n) is 6.45. The van der Waals surface area contributed by atoms with Gasteiger partial charge in [-0.3, -0.25) is 14.1 Å². The number of nitrogens with two attached hydrogens (primary N) is 1. The van der Waals surface area contributed by atoms with Crippen LogP contribution in [-0.4, -0.2) is 59.3 Å². The van der Waals surface area contributed by atoms with Crippen LogP contribution >= 0.6 is 0 Å². The first-order valence-electron chi connectivity index (χ1n) is 12.1. The predicted octanol–water partition coefficient (Wildman–Crippen LogP) is 2.70. The highest BCUT2D eigenvalue weighted by molar-refractivity contribution is 7.91. The smallest absolute Gasteiger partial charge is 0.344 e. The summed E-state index contributed by atoms with van der Waals surface area (Å²) in [6.07, 6.45) is 7.00. The first-order valence-corrected chi connectivity index (χ1v) is 13.6. The Morgan fingerprint density at radius 2 is 2.08 bits per heavy atom. The average Bonchev–Trinajstić information content (AvgIpc) is 3.37. The van der Waals surface area contributed by atoms with Crippen LogP contribution in [0.5, 0.6) is 5.75 Å². The zero-order chi connectivity index (χ0) is 26.2. The molecule has 4 heterocycles. The number of aromatic nitrogens is 3. The molecule has 2 aromatic heterocycles. The molecule has 12 heteroatoms. The van der Waals surface area contributed by atoms with E-state index in [9.17, 15) is 13.2 Å². The summed E-state index contributed by atoms with van der Waals surface area (Å²) in [4.78, 5) is 24.1. The van der Waals surface area contributed by atoms with Crippen LogP contribution in [0.1, 0.15) is 54.4 Å². The van der Waals surface area contributed by atoms with Crippen molar-refractivity contribution in [1.82, 2.24) is 19.4 Å². The molecule has 194 valence electrons. The molecule has 0 aliphatic carbocycles. The SMILES string of the molecule is CC(C)c1nccn1-c1cc(C(=O)N2CCC[C@H](COc3cccc4c3C(N)=NS(=O)(=O)N4)C2)ccn1. The van der Waals surface area contributed by atoms with Gasteiger partial charge in [-0.05, 0) is 37.1 Å². The lowest BCUT2D eigenvalue weighted by Crippen LogP contribution is -2.41. The Balaban J connectivity index is 1.28. The van der Waals surface area contributed by atoms with Gasteiger partial charge in [0.05, 0.1) is 17.9 Å². The maximum Gasteiger partial charge on any atom is 0.344 e. The lowest BCUT2D eigenvalue weighted by Gasteiger charge is -2.33. The van der Waals surface area contributed by atoms with Crippen LogP contribution < -0.4 is 15.2 Å². The summed E-state index contributed by atoms with van der Waals surface area (Å²) in [6, 6.07) is 8.57. The van der Waals surface area contributed by atoms with Crippen molar-refractivity contribution in [1.29, 1.82) is 0 Å². The fourth-order valence-electron chi connectivity index (χ4n) is 4.73. The van der Waals surface area contributed by atoms with E-state index in [2.05, 4.69) is 32.9 Å². The number of anilines is 1. The van der Waals surface area contributed by atoms with E-state index >= 15 is 0 Å². The molecule has 0 bridgehead atoms. The number of amidine groups is 1. The van der Waals surface area contributed by atoms with E-state index in [0.29, 0.717) is 48.1 Å². The summed E-state index contributed by atoms with van der Waals surface area (Å²) in [5, 5.41) is 0. The fourth-order valence-corrected chi connectivity index (χ4v) is 5.58. The van der Waals surface area contributed by atoms with E-state index in [1.807, 2.05) is 15.7 Å². The molecule has 0 spiro atoms. The lowest BCUT2D eigenvalue weighted by atomic mass is 9.98. The Labute approximate surface area is 215 Å². The number of ether oxygens (including phenoxy) is 1. The van der Waals surface area contributed by atoms with Crippen LogP contribution in [0, 0.1) is 5.92 Å². The molecule has 3 aromatic rings. The minimum atomic E-state index is -3.86. The van der Waals surface area contributed by atoms with Gasteiger partial charge in [-0.2, -0.15) is 8.42 Å². The van der Waals surface area contributed by atoms with Crippen molar-refractivity contribution < 1.29 is 17.9 Å². The van der Waals surface area contributed by atoms with Gasteiger partial charge in [-0.15, -0.1) is 4.40 Å². The molecule has 2 aliphatic heterocycles. The normalized spacial score (nSPS) is 18.6. The number of likely N-dealkylation sites (tertiary alicyclic amines) is 1. The summed E-state index contributed by atoms with van der Waals surface area (Å²) >= 11 is 0. The standard InChI is InChI=1S/C25H29N7O4S/c1-16(2)24-28-10-12-32(24)21-13-18(8-9-27-21)25(33)31-11-4-5-17(14-31)15-36-20-7-3-6-19-22(20)23(26)30-37(34,35)29-19/h3,6-10,12-13,16-17,29H,4-5,11,14-15H2,1-2H3,(H2,26,30)/t17-/m0/s1. The average molecular weight is 524 g/mol. The van der Waals surface area contributed by atoms with Gasteiger partial charge in [0, 0.05) is 49.1 Å². The Morgan fingerprint density at radius 1 is 1.24 bits per heavy atom. The molecule has 5 rings (SSSR count). The molecular weight excluding hydrogens is 494 g/mol. The van der Waals surface area contributed by atoms with E-state index in [0.717, 1.165) is 18.7 Å². The summed E-state index contributed by atoms with van der Waals surface area (Å²) in [5.74, 6) is 2.15. The predicted molar refractivity (Wildman–Crippen MR) is 139 cm³/mol. The summed E-state index contributed by atoms with van der Waals surface area (Å²) in [6.45, 7) is 5.69. The minimum absolute atomic E-state index is 0.0533. The summed E-state index contributed by atoms with van der Waals surface area (Å²) in [7, 11) is -3.86. The van der Waals surface area contributed by atoms with Gasteiger partial charge < -0.3 is 15.4 Å². The minimum Gasteiger partial charge on any atom is -0.492 e. The maximum absolute atomic E-state index is 13.4.